The molecule has 0 saturated carbocycles. The van der Waals surface area contributed by atoms with Gasteiger partial charge in [0, 0.05) is 25.6 Å². The summed E-state index contributed by atoms with van der Waals surface area (Å²) in [5.41, 5.74) is -0.490. The third kappa shape index (κ3) is 7.66. The quantitative estimate of drug-likeness (QED) is 0.720. The molecule has 1 aromatic carbocycles. The van der Waals surface area contributed by atoms with Gasteiger partial charge in [-0.25, -0.2) is 4.79 Å². The van der Waals surface area contributed by atoms with Crippen molar-refractivity contribution >= 4 is 12.0 Å². The summed E-state index contributed by atoms with van der Waals surface area (Å²) in [4.78, 5) is 25.9. The molecule has 1 saturated heterocycles. The molecule has 1 aliphatic heterocycles. The number of hydrogen-bond acceptors (Lipinski definition) is 5. The van der Waals surface area contributed by atoms with Gasteiger partial charge in [-0.2, -0.15) is 0 Å². The van der Waals surface area contributed by atoms with Crippen LogP contribution in [0.25, 0.3) is 0 Å². The zero-order valence-corrected chi connectivity index (χ0v) is 17.3. The zero-order valence-electron chi connectivity index (χ0n) is 17.3. The fraction of sp³-hybridized carbons (Fsp3) is 0.619. The predicted octanol–water partition coefficient (Wildman–Crippen LogP) is 3.37. The maximum atomic E-state index is 12.1. The Bertz CT molecular complexity index is 631. The number of rotatable bonds is 7. The van der Waals surface area contributed by atoms with Crippen LogP contribution in [0, 0.1) is 0 Å². The summed E-state index contributed by atoms with van der Waals surface area (Å²) in [6.07, 6.45) is 2.27. The molecular formula is C21H32N2O5. The molecule has 1 aromatic rings. The van der Waals surface area contributed by atoms with Crippen LogP contribution >= 0.6 is 0 Å². The van der Waals surface area contributed by atoms with Crippen LogP contribution in [0.3, 0.4) is 0 Å². The molecule has 0 unspecified atom stereocenters. The summed E-state index contributed by atoms with van der Waals surface area (Å²) in [5, 5.41) is 3.05. The monoisotopic (exact) mass is 392 g/mol. The summed E-state index contributed by atoms with van der Waals surface area (Å²) in [6.45, 7) is 7.25. The highest BCUT2D eigenvalue weighted by Gasteiger charge is 2.27. The summed E-state index contributed by atoms with van der Waals surface area (Å²) < 4.78 is 16.1. The number of piperidine rings is 1. The molecule has 7 heteroatoms. The molecule has 2 amide bonds. The highest BCUT2D eigenvalue weighted by Crippen LogP contribution is 2.18. The molecule has 0 atom stereocenters. The van der Waals surface area contributed by atoms with Crippen LogP contribution in [-0.4, -0.2) is 55.3 Å². The third-order valence-electron chi connectivity index (χ3n) is 4.39. The van der Waals surface area contributed by atoms with Gasteiger partial charge in [0.05, 0.1) is 13.7 Å². The first-order chi connectivity index (χ1) is 13.3. The van der Waals surface area contributed by atoms with Crippen LogP contribution in [0.15, 0.2) is 24.3 Å². The Labute approximate surface area is 167 Å². The Morgan fingerprint density at radius 2 is 1.71 bits per heavy atom. The van der Waals surface area contributed by atoms with E-state index in [1.165, 1.54) is 0 Å². The lowest BCUT2D eigenvalue weighted by molar-refractivity contribution is -0.122. The van der Waals surface area contributed by atoms with Gasteiger partial charge < -0.3 is 24.4 Å². The van der Waals surface area contributed by atoms with Crippen molar-refractivity contribution in [1.82, 2.24) is 10.2 Å². The van der Waals surface area contributed by atoms with E-state index < -0.39 is 5.60 Å². The van der Waals surface area contributed by atoms with E-state index >= 15 is 0 Å². The van der Waals surface area contributed by atoms with E-state index in [9.17, 15) is 9.59 Å². The summed E-state index contributed by atoms with van der Waals surface area (Å²) in [6, 6.07) is 7.47. The molecular weight excluding hydrogens is 360 g/mol. The number of methoxy groups -OCH3 is 1. The van der Waals surface area contributed by atoms with Crippen LogP contribution in [0.5, 0.6) is 11.5 Å². The van der Waals surface area contributed by atoms with Crippen LogP contribution < -0.4 is 14.8 Å². The lowest BCUT2D eigenvalue weighted by Gasteiger charge is -2.33. The van der Waals surface area contributed by atoms with Crippen molar-refractivity contribution in [2.24, 2.45) is 0 Å². The Hall–Kier alpha value is -2.44. The van der Waals surface area contributed by atoms with E-state index in [-0.39, 0.29) is 18.0 Å². The van der Waals surface area contributed by atoms with Gasteiger partial charge in [0.15, 0.2) is 0 Å². The van der Waals surface area contributed by atoms with Gasteiger partial charge in [-0.05, 0) is 64.3 Å². The van der Waals surface area contributed by atoms with E-state index in [2.05, 4.69) is 5.32 Å². The number of ether oxygens (including phenoxy) is 3. The molecule has 0 spiro atoms. The van der Waals surface area contributed by atoms with Gasteiger partial charge in [0.25, 0.3) is 0 Å². The fourth-order valence-corrected chi connectivity index (χ4v) is 2.93. The highest BCUT2D eigenvalue weighted by molar-refractivity contribution is 5.76. The minimum absolute atomic E-state index is 0.0223. The first-order valence-electron chi connectivity index (χ1n) is 9.81. The number of likely N-dealkylation sites (tertiary alicyclic amines) is 1. The molecule has 0 aromatic heterocycles. The van der Waals surface area contributed by atoms with E-state index in [4.69, 9.17) is 14.2 Å². The molecule has 156 valence electrons. The SMILES string of the molecule is COc1ccc(OCCCC(=O)NC2CCN(C(=O)OC(C)(C)C)CC2)cc1. The molecule has 1 N–H and O–H groups in total. The van der Waals surface area contributed by atoms with Crippen molar-refractivity contribution in [3.8, 4) is 11.5 Å². The minimum Gasteiger partial charge on any atom is -0.497 e. The standard InChI is InChI=1S/C21H32N2O5/c1-21(2,3)28-20(25)23-13-11-16(12-14-23)22-19(24)6-5-15-27-18-9-7-17(26-4)8-10-18/h7-10,16H,5-6,11-15H2,1-4H3,(H,22,24). The number of benzene rings is 1. The summed E-state index contributed by atoms with van der Waals surface area (Å²) >= 11 is 0. The van der Waals surface area contributed by atoms with Gasteiger partial charge >= 0.3 is 6.09 Å². The van der Waals surface area contributed by atoms with Crippen molar-refractivity contribution in [2.75, 3.05) is 26.8 Å². The highest BCUT2D eigenvalue weighted by atomic mass is 16.6. The molecule has 2 rings (SSSR count). The van der Waals surface area contributed by atoms with Crippen molar-refractivity contribution in [2.45, 2.75) is 58.1 Å². The van der Waals surface area contributed by atoms with Crippen molar-refractivity contribution in [3.05, 3.63) is 24.3 Å². The molecule has 1 aliphatic rings. The molecule has 1 fully saturated rings. The number of amides is 2. The van der Waals surface area contributed by atoms with Crippen LogP contribution in [0.1, 0.15) is 46.5 Å². The maximum Gasteiger partial charge on any atom is 0.410 e. The van der Waals surface area contributed by atoms with Gasteiger partial charge in [-0.15, -0.1) is 0 Å². The Kier molecular flexibility index (Phi) is 7.96. The Morgan fingerprint density at radius 1 is 1.11 bits per heavy atom. The van der Waals surface area contributed by atoms with Crippen molar-refractivity contribution in [3.63, 3.8) is 0 Å². The number of carbonyl (C=O) groups is 2. The van der Waals surface area contributed by atoms with E-state index in [1.807, 2.05) is 45.0 Å². The number of carbonyl (C=O) groups excluding carboxylic acids is 2. The lowest BCUT2D eigenvalue weighted by Crippen LogP contribution is -2.47. The van der Waals surface area contributed by atoms with Gasteiger partial charge in [-0.3, -0.25) is 4.79 Å². The smallest absolute Gasteiger partial charge is 0.410 e. The van der Waals surface area contributed by atoms with Crippen LogP contribution in [0.2, 0.25) is 0 Å². The molecule has 7 nitrogen and oxygen atoms in total. The average molecular weight is 392 g/mol. The van der Waals surface area contributed by atoms with Crippen LogP contribution in [0.4, 0.5) is 4.79 Å². The Morgan fingerprint density at radius 3 is 2.29 bits per heavy atom. The first kappa shape index (κ1) is 21.9. The second-order valence-electron chi connectivity index (χ2n) is 7.94. The molecule has 0 radical (unpaired) electrons. The number of hydrogen-bond donors (Lipinski definition) is 1. The van der Waals surface area contributed by atoms with Gasteiger partial charge in [0.2, 0.25) is 5.91 Å². The second kappa shape index (κ2) is 10.2. The predicted molar refractivity (Wildman–Crippen MR) is 107 cm³/mol. The Balaban J connectivity index is 1.60. The summed E-state index contributed by atoms with van der Waals surface area (Å²) in [7, 11) is 1.62. The normalized spacial score (nSPS) is 15.1. The van der Waals surface area contributed by atoms with E-state index in [0.29, 0.717) is 32.5 Å². The first-order valence-corrected chi connectivity index (χ1v) is 9.81. The van der Waals surface area contributed by atoms with Gasteiger partial charge in [-0.1, -0.05) is 0 Å². The maximum absolute atomic E-state index is 12.1. The largest absolute Gasteiger partial charge is 0.497 e. The number of nitrogens with one attached hydrogen (secondary N) is 1. The minimum atomic E-state index is -0.490. The van der Waals surface area contributed by atoms with E-state index in [1.54, 1.807) is 12.0 Å². The fourth-order valence-electron chi connectivity index (χ4n) is 2.93. The lowest BCUT2D eigenvalue weighted by atomic mass is 10.1. The van der Waals surface area contributed by atoms with Crippen molar-refractivity contribution in [1.29, 1.82) is 0 Å². The van der Waals surface area contributed by atoms with Crippen LogP contribution in [-0.2, 0) is 9.53 Å². The third-order valence-corrected chi connectivity index (χ3v) is 4.39. The molecule has 28 heavy (non-hydrogen) atoms. The molecule has 1 heterocycles. The second-order valence-corrected chi connectivity index (χ2v) is 7.94. The topological polar surface area (TPSA) is 77.1 Å². The average Bonchev–Trinajstić information content (AvgIpc) is 2.65. The van der Waals surface area contributed by atoms with Crippen molar-refractivity contribution < 1.29 is 23.8 Å². The summed E-state index contributed by atoms with van der Waals surface area (Å²) in [5.74, 6) is 1.56. The van der Waals surface area contributed by atoms with E-state index in [0.717, 1.165) is 24.3 Å². The van der Waals surface area contributed by atoms with Gasteiger partial charge in [0.1, 0.15) is 17.1 Å². The molecule has 0 aliphatic carbocycles. The zero-order chi connectivity index (χ0) is 20.6. The number of nitrogens with zero attached hydrogens (tertiary/aromatic N) is 1. The molecule has 0 bridgehead atoms.